The maximum Gasteiger partial charge on any atom is 0.0891 e. The Kier molecular flexibility index (Phi) is 3.90. The summed E-state index contributed by atoms with van der Waals surface area (Å²) < 4.78 is 0. The molecule has 42 valence electrons. The summed E-state index contributed by atoms with van der Waals surface area (Å²) in [5.74, 6) is 0.867. The number of aliphatic hydroxyl groups excluding tert-OH is 1. The summed E-state index contributed by atoms with van der Waals surface area (Å²) in [5.41, 5.74) is 0. The third kappa shape index (κ3) is 3.67. The van der Waals surface area contributed by atoms with E-state index in [0.29, 0.717) is 18.1 Å². The quantitative estimate of drug-likeness (QED) is 0.437. The van der Waals surface area contributed by atoms with Crippen LogP contribution in [-0.4, -0.2) is 11.0 Å². The number of hydrogen-bond acceptors (Lipinski definition) is 1. The van der Waals surface area contributed by atoms with Crippen LogP contribution in [0.4, 0.5) is 0 Å². The molecule has 0 aliphatic heterocycles. The van der Waals surface area contributed by atoms with Crippen LogP contribution in [0.5, 0.6) is 0 Å². The molecule has 0 saturated carbocycles. The van der Waals surface area contributed by atoms with E-state index in [-0.39, 0.29) is 0 Å². The number of aliphatic hydroxyl groups is 1. The largest absolute Gasteiger partial charge is 0.513 e. The Hall–Kier alpha value is -0.170. The van der Waals surface area contributed by atoms with Crippen LogP contribution in [0, 0.1) is 0 Å². The first-order chi connectivity index (χ1) is 3.31. The van der Waals surface area contributed by atoms with Crippen molar-refractivity contribution >= 4 is 11.6 Å². The van der Waals surface area contributed by atoms with Gasteiger partial charge in [-0.25, -0.2) is 0 Å². The lowest BCUT2D eigenvalue weighted by molar-refractivity contribution is 0.394. The zero-order valence-electron chi connectivity index (χ0n) is 4.32. The Bertz CT molecular complexity index is 68.5. The minimum atomic E-state index is 0.370. The summed E-state index contributed by atoms with van der Waals surface area (Å²) in [6.07, 6.45) is 2.22. The highest BCUT2D eigenvalue weighted by molar-refractivity contribution is 6.17. The first kappa shape index (κ1) is 6.83. The van der Waals surface area contributed by atoms with Crippen LogP contribution in [0.2, 0.25) is 0 Å². The van der Waals surface area contributed by atoms with Crippen molar-refractivity contribution in [3.63, 3.8) is 0 Å². The van der Waals surface area contributed by atoms with Gasteiger partial charge in [0.2, 0.25) is 0 Å². The average Bonchev–Trinajstić information content (AvgIpc) is 1.68. The highest BCUT2D eigenvalue weighted by atomic mass is 35.5. The van der Waals surface area contributed by atoms with Gasteiger partial charge in [-0.1, -0.05) is 0 Å². The zero-order valence-corrected chi connectivity index (χ0v) is 5.07. The van der Waals surface area contributed by atoms with E-state index in [1.54, 1.807) is 13.0 Å². The molecule has 7 heavy (non-hydrogen) atoms. The molecule has 0 unspecified atom stereocenters. The summed E-state index contributed by atoms with van der Waals surface area (Å²) in [6, 6.07) is 0. The molecule has 0 aliphatic rings. The van der Waals surface area contributed by atoms with E-state index in [2.05, 4.69) is 0 Å². The standard InChI is InChI=1S/C5H9ClO/c1-2-5(7)3-4-6/h2,7H,3-4H2,1H3. The Morgan fingerprint density at radius 3 is 2.57 bits per heavy atom. The Labute approximate surface area is 48.6 Å². The van der Waals surface area contributed by atoms with Gasteiger partial charge in [0.05, 0.1) is 5.76 Å². The van der Waals surface area contributed by atoms with Crippen LogP contribution < -0.4 is 0 Å². The predicted molar refractivity (Wildman–Crippen MR) is 31.7 cm³/mol. The second kappa shape index (κ2) is 4.00. The molecule has 0 fully saturated rings. The summed E-state index contributed by atoms with van der Waals surface area (Å²) >= 11 is 5.27. The van der Waals surface area contributed by atoms with Gasteiger partial charge in [0.15, 0.2) is 0 Å². The predicted octanol–water partition coefficient (Wildman–Crippen LogP) is 2.08. The molecule has 1 N–H and O–H groups in total. The van der Waals surface area contributed by atoms with E-state index >= 15 is 0 Å². The molecule has 0 atom stereocenters. The van der Waals surface area contributed by atoms with E-state index in [1.165, 1.54) is 0 Å². The monoisotopic (exact) mass is 120 g/mol. The van der Waals surface area contributed by atoms with Gasteiger partial charge in [-0.05, 0) is 13.0 Å². The minimum absolute atomic E-state index is 0.370. The second-order valence-corrected chi connectivity index (χ2v) is 1.60. The maximum atomic E-state index is 8.63. The molecule has 0 bridgehead atoms. The third-order valence-electron chi connectivity index (χ3n) is 0.684. The molecule has 0 aromatic carbocycles. The summed E-state index contributed by atoms with van der Waals surface area (Å²) in [7, 11) is 0. The van der Waals surface area contributed by atoms with Crippen molar-refractivity contribution in [2.24, 2.45) is 0 Å². The van der Waals surface area contributed by atoms with Gasteiger partial charge in [-0.3, -0.25) is 0 Å². The van der Waals surface area contributed by atoms with Crippen LogP contribution in [-0.2, 0) is 0 Å². The van der Waals surface area contributed by atoms with Crippen molar-refractivity contribution in [3.05, 3.63) is 11.8 Å². The van der Waals surface area contributed by atoms with Gasteiger partial charge in [0, 0.05) is 12.3 Å². The van der Waals surface area contributed by atoms with Crippen molar-refractivity contribution in [2.75, 3.05) is 5.88 Å². The Balaban J connectivity index is 3.17. The molecule has 2 heteroatoms. The molecule has 0 heterocycles. The molecule has 0 aliphatic carbocycles. The van der Waals surface area contributed by atoms with E-state index < -0.39 is 0 Å². The fourth-order valence-corrected chi connectivity index (χ4v) is 0.435. The normalized spacial score (nSPS) is 12.0. The Morgan fingerprint density at radius 2 is 2.43 bits per heavy atom. The second-order valence-electron chi connectivity index (χ2n) is 1.22. The van der Waals surface area contributed by atoms with Crippen LogP contribution in [0.1, 0.15) is 13.3 Å². The van der Waals surface area contributed by atoms with Gasteiger partial charge in [0.25, 0.3) is 0 Å². The molecule has 0 radical (unpaired) electrons. The first-order valence-electron chi connectivity index (χ1n) is 2.21. The molecular weight excluding hydrogens is 112 g/mol. The van der Waals surface area contributed by atoms with Crippen molar-refractivity contribution in [1.29, 1.82) is 0 Å². The third-order valence-corrected chi connectivity index (χ3v) is 0.873. The smallest absolute Gasteiger partial charge is 0.0891 e. The van der Waals surface area contributed by atoms with E-state index in [1.807, 2.05) is 0 Å². The van der Waals surface area contributed by atoms with Crippen LogP contribution >= 0.6 is 11.6 Å². The van der Waals surface area contributed by atoms with Crippen molar-refractivity contribution in [3.8, 4) is 0 Å². The number of hydrogen-bond donors (Lipinski definition) is 1. The zero-order chi connectivity index (χ0) is 5.70. The lowest BCUT2D eigenvalue weighted by atomic mass is 10.4. The summed E-state index contributed by atoms with van der Waals surface area (Å²) in [5, 5.41) is 8.63. The number of halogens is 1. The number of rotatable bonds is 2. The lowest BCUT2D eigenvalue weighted by Gasteiger charge is -1.89. The molecule has 0 saturated heterocycles. The Morgan fingerprint density at radius 1 is 1.86 bits per heavy atom. The number of allylic oxidation sites excluding steroid dienone is 2. The van der Waals surface area contributed by atoms with E-state index in [9.17, 15) is 0 Å². The van der Waals surface area contributed by atoms with Gasteiger partial charge in [-0.2, -0.15) is 0 Å². The molecule has 0 amide bonds. The molecular formula is C5H9ClO. The highest BCUT2D eigenvalue weighted by Gasteiger charge is 1.84. The van der Waals surface area contributed by atoms with Crippen LogP contribution in [0.15, 0.2) is 11.8 Å². The van der Waals surface area contributed by atoms with E-state index in [4.69, 9.17) is 16.7 Å². The van der Waals surface area contributed by atoms with Crippen LogP contribution in [0.3, 0.4) is 0 Å². The molecule has 0 rings (SSSR count). The van der Waals surface area contributed by atoms with Crippen LogP contribution in [0.25, 0.3) is 0 Å². The highest BCUT2D eigenvalue weighted by Crippen LogP contribution is 1.95. The van der Waals surface area contributed by atoms with Gasteiger partial charge in [0.1, 0.15) is 0 Å². The lowest BCUT2D eigenvalue weighted by Crippen LogP contribution is -1.79. The molecule has 0 aromatic rings. The first-order valence-corrected chi connectivity index (χ1v) is 2.74. The summed E-state index contributed by atoms with van der Waals surface area (Å²) in [6.45, 7) is 1.78. The minimum Gasteiger partial charge on any atom is -0.513 e. The van der Waals surface area contributed by atoms with Crippen molar-refractivity contribution < 1.29 is 5.11 Å². The van der Waals surface area contributed by atoms with Crippen molar-refractivity contribution in [1.82, 2.24) is 0 Å². The maximum absolute atomic E-state index is 8.63. The van der Waals surface area contributed by atoms with Gasteiger partial charge < -0.3 is 5.11 Å². The van der Waals surface area contributed by atoms with E-state index in [0.717, 1.165) is 0 Å². The fraction of sp³-hybridized carbons (Fsp3) is 0.600. The number of alkyl halides is 1. The SMILES string of the molecule is CC=C(O)CCCl. The summed E-state index contributed by atoms with van der Waals surface area (Å²) in [4.78, 5) is 0. The molecule has 1 nitrogen and oxygen atoms in total. The van der Waals surface area contributed by atoms with Gasteiger partial charge >= 0.3 is 0 Å². The molecule has 0 aromatic heterocycles. The average molecular weight is 121 g/mol. The van der Waals surface area contributed by atoms with Gasteiger partial charge in [-0.15, -0.1) is 11.6 Å². The topological polar surface area (TPSA) is 20.2 Å². The molecule has 0 spiro atoms. The fourth-order valence-electron chi connectivity index (χ4n) is 0.241. The van der Waals surface area contributed by atoms with Crippen molar-refractivity contribution in [2.45, 2.75) is 13.3 Å².